The van der Waals surface area contributed by atoms with Gasteiger partial charge < -0.3 is 19.7 Å². The summed E-state index contributed by atoms with van der Waals surface area (Å²) in [5.74, 6) is 1.65. The molecule has 146 valence electrons. The van der Waals surface area contributed by atoms with Crippen LogP contribution in [0.2, 0.25) is 0 Å². The van der Waals surface area contributed by atoms with E-state index in [2.05, 4.69) is 51.4 Å². The Hall–Kier alpha value is -1.87. The predicted molar refractivity (Wildman–Crippen MR) is 118 cm³/mol. The average Bonchev–Trinajstić information content (AvgIpc) is 2.69. The number of halogens is 1. The Bertz CT molecular complexity index is 727. The lowest BCUT2D eigenvalue weighted by Crippen LogP contribution is -2.49. The van der Waals surface area contributed by atoms with Crippen molar-refractivity contribution in [2.24, 2.45) is 4.99 Å². The second kappa shape index (κ2) is 11.1. The van der Waals surface area contributed by atoms with Gasteiger partial charge in [-0.15, -0.1) is 24.0 Å². The average molecular weight is 482 g/mol. The van der Waals surface area contributed by atoms with Crippen molar-refractivity contribution in [2.45, 2.75) is 13.0 Å². The Morgan fingerprint density at radius 2 is 2.19 bits per heavy atom. The van der Waals surface area contributed by atoms with Gasteiger partial charge in [0.15, 0.2) is 5.96 Å². The van der Waals surface area contributed by atoms with Gasteiger partial charge in [-0.3, -0.25) is 9.98 Å². The summed E-state index contributed by atoms with van der Waals surface area (Å²) in [7, 11) is 1.81. The van der Waals surface area contributed by atoms with Crippen molar-refractivity contribution < 1.29 is 9.47 Å². The predicted octanol–water partition coefficient (Wildman–Crippen LogP) is 3.04. The second-order valence-corrected chi connectivity index (χ2v) is 6.17. The summed E-state index contributed by atoms with van der Waals surface area (Å²) in [5.41, 5.74) is 2.50. The molecule has 3 rings (SSSR count). The van der Waals surface area contributed by atoms with Crippen molar-refractivity contribution in [3.8, 4) is 5.75 Å². The molecule has 0 spiro atoms. The fraction of sp³-hybridized carbons (Fsp3) is 0.400. The number of benzene rings is 1. The number of pyridine rings is 1. The van der Waals surface area contributed by atoms with Crippen molar-refractivity contribution in [2.75, 3.05) is 39.9 Å². The summed E-state index contributed by atoms with van der Waals surface area (Å²) < 4.78 is 11.7. The maximum atomic E-state index is 6.00. The van der Waals surface area contributed by atoms with Crippen molar-refractivity contribution in [3.05, 3.63) is 59.9 Å². The largest absolute Gasteiger partial charge is 0.490 e. The van der Waals surface area contributed by atoms with Gasteiger partial charge in [0.25, 0.3) is 0 Å². The van der Waals surface area contributed by atoms with Crippen LogP contribution in [0.4, 0.5) is 0 Å². The van der Waals surface area contributed by atoms with Crippen molar-refractivity contribution in [1.29, 1.82) is 0 Å². The zero-order valence-corrected chi connectivity index (χ0v) is 18.1. The fourth-order valence-electron chi connectivity index (χ4n) is 3.07. The minimum Gasteiger partial charge on any atom is -0.490 e. The molecule has 1 unspecified atom stereocenters. The van der Waals surface area contributed by atoms with Crippen LogP contribution >= 0.6 is 24.0 Å². The third-order valence-corrected chi connectivity index (χ3v) is 4.40. The van der Waals surface area contributed by atoms with Crippen LogP contribution in [0.5, 0.6) is 5.75 Å². The summed E-state index contributed by atoms with van der Waals surface area (Å²) in [6.07, 6.45) is 3.51. The first-order valence-electron chi connectivity index (χ1n) is 8.93. The van der Waals surface area contributed by atoms with E-state index in [1.54, 1.807) is 12.4 Å². The fourth-order valence-corrected chi connectivity index (χ4v) is 3.07. The Morgan fingerprint density at radius 3 is 2.93 bits per heavy atom. The van der Waals surface area contributed by atoms with E-state index in [0.29, 0.717) is 19.8 Å². The van der Waals surface area contributed by atoms with Gasteiger partial charge in [0.05, 0.1) is 25.9 Å². The van der Waals surface area contributed by atoms with Crippen LogP contribution in [-0.2, 0) is 4.74 Å². The van der Waals surface area contributed by atoms with Crippen LogP contribution in [0.1, 0.15) is 17.2 Å². The van der Waals surface area contributed by atoms with Crippen LogP contribution < -0.4 is 10.1 Å². The number of morpholine rings is 1. The van der Waals surface area contributed by atoms with Gasteiger partial charge in [-0.2, -0.15) is 0 Å². The number of aliphatic imine (C=N–C) groups is 1. The topological polar surface area (TPSA) is 59.0 Å². The first kappa shape index (κ1) is 21.4. The highest BCUT2D eigenvalue weighted by atomic mass is 127. The molecule has 1 fully saturated rings. The molecule has 1 aliphatic rings. The third kappa shape index (κ3) is 6.07. The van der Waals surface area contributed by atoms with Gasteiger partial charge in [-0.05, 0) is 30.2 Å². The van der Waals surface area contributed by atoms with E-state index in [1.807, 2.05) is 19.2 Å². The molecule has 0 aliphatic carbocycles. The molecule has 1 aromatic heterocycles. The molecule has 0 bridgehead atoms. The smallest absolute Gasteiger partial charge is 0.193 e. The van der Waals surface area contributed by atoms with Gasteiger partial charge in [-0.25, -0.2) is 0 Å². The van der Waals surface area contributed by atoms with Gasteiger partial charge in [0.2, 0.25) is 0 Å². The molecule has 2 heterocycles. The Kier molecular flexibility index (Phi) is 8.80. The molecule has 27 heavy (non-hydrogen) atoms. The van der Waals surface area contributed by atoms with Crippen LogP contribution in [-0.4, -0.2) is 55.7 Å². The van der Waals surface area contributed by atoms with Crippen molar-refractivity contribution in [1.82, 2.24) is 15.2 Å². The molecule has 1 aromatic carbocycles. The Labute approximate surface area is 178 Å². The summed E-state index contributed by atoms with van der Waals surface area (Å²) in [6, 6.07) is 12.1. The Balaban J connectivity index is 0.00000261. The molecule has 7 heteroatoms. The van der Waals surface area contributed by atoms with E-state index in [-0.39, 0.29) is 30.1 Å². The number of hydrogen-bond acceptors (Lipinski definition) is 4. The van der Waals surface area contributed by atoms with Crippen LogP contribution in [0.3, 0.4) is 0 Å². The van der Waals surface area contributed by atoms with Gasteiger partial charge in [-0.1, -0.05) is 24.3 Å². The minimum absolute atomic E-state index is 0. The van der Waals surface area contributed by atoms with E-state index in [1.165, 1.54) is 11.1 Å². The molecule has 1 N–H and O–H groups in total. The van der Waals surface area contributed by atoms with Crippen molar-refractivity contribution >= 4 is 29.9 Å². The maximum absolute atomic E-state index is 6.00. The summed E-state index contributed by atoms with van der Waals surface area (Å²) in [4.78, 5) is 10.7. The summed E-state index contributed by atoms with van der Waals surface area (Å²) in [5, 5.41) is 3.37. The zero-order valence-electron chi connectivity index (χ0n) is 15.8. The number of hydrogen-bond donors (Lipinski definition) is 1. The molecule has 0 saturated carbocycles. The number of aromatic nitrogens is 1. The number of nitrogens with one attached hydrogen (secondary N) is 1. The zero-order chi connectivity index (χ0) is 18.2. The first-order valence-corrected chi connectivity index (χ1v) is 8.93. The highest BCUT2D eigenvalue weighted by molar-refractivity contribution is 14.0. The molecule has 1 atom stereocenters. The standard InChI is InChI=1S/C20H26N4O2.HI/c1-16-6-3-4-8-18(16)19-15-24(11-13-26-19)20(21-2)23-10-12-25-17-7-5-9-22-14-17;/h3-9,14,19H,10-13,15H2,1-2H3,(H,21,23);1H. The van der Waals surface area contributed by atoms with Crippen LogP contribution in [0.25, 0.3) is 0 Å². The van der Waals surface area contributed by atoms with Crippen LogP contribution in [0.15, 0.2) is 53.8 Å². The quantitative estimate of drug-likeness (QED) is 0.308. The highest BCUT2D eigenvalue weighted by Crippen LogP contribution is 2.24. The number of aryl methyl sites for hydroxylation is 1. The number of rotatable bonds is 5. The Morgan fingerprint density at radius 1 is 1.33 bits per heavy atom. The summed E-state index contributed by atoms with van der Waals surface area (Å²) in [6.45, 7) is 5.65. The first-order chi connectivity index (χ1) is 12.8. The highest BCUT2D eigenvalue weighted by Gasteiger charge is 2.24. The lowest BCUT2D eigenvalue weighted by molar-refractivity contribution is -0.00834. The van der Waals surface area contributed by atoms with E-state index in [9.17, 15) is 0 Å². The van der Waals surface area contributed by atoms with E-state index in [0.717, 1.165) is 24.8 Å². The number of guanidine groups is 1. The van der Waals surface area contributed by atoms with Crippen LogP contribution in [0, 0.1) is 6.92 Å². The van der Waals surface area contributed by atoms with Gasteiger partial charge in [0, 0.05) is 19.8 Å². The molecule has 1 aliphatic heterocycles. The van der Waals surface area contributed by atoms with Crippen molar-refractivity contribution in [3.63, 3.8) is 0 Å². The SMILES string of the molecule is CN=C(NCCOc1cccnc1)N1CCOC(c2ccccc2C)C1.I. The summed E-state index contributed by atoms with van der Waals surface area (Å²) >= 11 is 0. The normalized spacial score (nSPS) is 17.2. The monoisotopic (exact) mass is 482 g/mol. The van der Waals surface area contributed by atoms with E-state index in [4.69, 9.17) is 9.47 Å². The lowest BCUT2D eigenvalue weighted by Gasteiger charge is -2.35. The van der Waals surface area contributed by atoms with E-state index < -0.39 is 0 Å². The molecular formula is C20H27IN4O2. The molecule has 1 saturated heterocycles. The third-order valence-electron chi connectivity index (χ3n) is 4.40. The maximum Gasteiger partial charge on any atom is 0.193 e. The molecular weight excluding hydrogens is 455 g/mol. The minimum atomic E-state index is 0. The molecule has 2 aromatic rings. The lowest BCUT2D eigenvalue weighted by atomic mass is 10.0. The molecule has 6 nitrogen and oxygen atoms in total. The van der Waals surface area contributed by atoms with Gasteiger partial charge in [0.1, 0.15) is 18.5 Å². The second-order valence-electron chi connectivity index (χ2n) is 6.17. The molecule has 0 radical (unpaired) electrons. The number of ether oxygens (including phenoxy) is 2. The molecule has 0 amide bonds. The number of nitrogens with zero attached hydrogens (tertiary/aromatic N) is 3. The van der Waals surface area contributed by atoms with E-state index >= 15 is 0 Å². The van der Waals surface area contributed by atoms with Gasteiger partial charge >= 0.3 is 0 Å².